The number of fused-ring (bicyclic) bond motifs is 1. The van der Waals surface area contributed by atoms with Gasteiger partial charge in [-0.15, -0.1) is 0 Å². The van der Waals surface area contributed by atoms with Crippen LogP contribution in [0.5, 0.6) is 0 Å². The summed E-state index contributed by atoms with van der Waals surface area (Å²) in [6.45, 7) is -0.645. The molecule has 8 nitrogen and oxygen atoms in total. The first kappa shape index (κ1) is 21.3. The van der Waals surface area contributed by atoms with Gasteiger partial charge in [-0.1, -0.05) is 42.5 Å². The number of carboxylic acids is 2. The molecule has 1 aliphatic heterocycles. The molecule has 1 amide bonds. The van der Waals surface area contributed by atoms with E-state index in [0.29, 0.717) is 6.42 Å². The third kappa shape index (κ3) is 4.93. The molecule has 0 bridgehead atoms. The van der Waals surface area contributed by atoms with Gasteiger partial charge < -0.3 is 15.5 Å². The lowest BCUT2D eigenvalue weighted by Gasteiger charge is -2.23. The van der Waals surface area contributed by atoms with Crippen LogP contribution in [-0.2, 0) is 31.6 Å². The highest BCUT2D eigenvalue weighted by molar-refractivity contribution is 7.88. The molecule has 1 aliphatic rings. The lowest BCUT2D eigenvalue weighted by molar-refractivity contribution is -0.139. The van der Waals surface area contributed by atoms with Crippen molar-refractivity contribution in [1.82, 2.24) is 5.32 Å². The van der Waals surface area contributed by atoms with Crippen LogP contribution in [0, 0.1) is 0 Å². The second kappa shape index (κ2) is 9.36. The number of hydrogen-bond acceptors (Lipinski definition) is 5. The second-order valence-electron chi connectivity index (χ2n) is 6.64. The van der Waals surface area contributed by atoms with E-state index in [9.17, 15) is 28.8 Å². The van der Waals surface area contributed by atoms with Crippen molar-refractivity contribution in [1.29, 1.82) is 0 Å². The van der Waals surface area contributed by atoms with E-state index in [4.69, 9.17) is 0 Å². The van der Waals surface area contributed by atoms with E-state index in [2.05, 4.69) is 5.32 Å². The minimum absolute atomic E-state index is 0.183. The largest absolute Gasteiger partial charge is 0.480 e. The normalized spacial score (nSPS) is 16.8. The van der Waals surface area contributed by atoms with E-state index in [0.717, 1.165) is 15.9 Å². The van der Waals surface area contributed by atoms with E-state index in [1.54, 1.807) is 12.1 Å². The number of carbonyl (C=O) groups is 3. The number of rotatable bonds is 8. The van der Waals surface area contributed by atoms with Gasteiger partial charge in [0.2, 0.25) is 0 Å². The maximum atomic E-state index is 13.0. The van der Waals surface area contributed by atoms with Crippen LogP contribution in [-0.4, -0.2) is 44.9 Å². The van der Waals surface area contributed by atoms with Gasteiger partial charge in [-0.2, -0.15) is 0 Å². The number of nitrogens with one attached hydrogen (secondary N) is 1. The fourth-order valence-electron chi connectivity index (χ4n) is 3.11. The average molecular weight is 428 g/mol. The predicted molar refractivity (Wildman–Crippen MR) is 110 cm³/mol. The Morgan fingerprint density at radius 2 is 1.70 bits per heavy atom. The van der Waals surface area contributed by atoms with Crippen molar-refractivity contribution in [3.63, 3.8) is 0 Å². The number of aliphatic carboxylic acids is 2. The van der Waals surface area contributed by atoms with Gasteiger partial charge in [0.1, 0.15) is 18.3 Å². The minimum Gasteiger partial charge on any atom is -0.480 e. The van der Waals surface area contributed by atoms with Gasteiger partial charge in [-0.05, 0) is 30.5 Å². The molecule has 1 heterocycles. The number of nitrogens with zero attached hydrogens (tertiary/aromatic N) is 1. The lowest BCUT2D eigenvalue weighted by Crippen LogP contribution is -2.44. The van der Waals surface area contributed by atoms with Gasteiger partial charge in [-0.25, -0.2) is 9.00 Å². The van der Waals surface area contributed by atoms with Crippen LogP contribution in [0.25, 0.3) is 0 Å². The number of para-hydroxylation sites is 1. The summed E-state index contributed by atoms with van der Waals surface area (Å²) in [6.07, 6.45) is 0.636. The predicted octanol–water partition coefficient (Wildman–Crippen LogP) is 1.74. The number of benzene rings is 2. The molecule has 0 saturated carbocycles. The summed E-state index contributed by atoms with van der Waals surface area (Å²) in [4.78, 5) is 37.4. The molecule has 2 atom stereocenters. The molecule has 2 aromatic carbocycles. The van der Waals surface area contributed by atoms with Crippen molar-refractivity contribution >= 4 is 34.3 Å². The number of hydrogen-bond donors (Lipinski definition) is 3. The van der Waals surface area contributed by atoms with Crippen LogP contribution in [0.4, 0.5) is 5.69 Å². The first-order valence-corrected chi connectivity index (χ1v) is 10.4. The van der Waals surface area contributed by atoms with Crippen molar-refractivity contribution in [2.45, 2.75) is 23.8 Å². The molecular weight excluding hydrogens is 408 g/mol. The van der Waals surface area contributed by atoms with Crippen LogP contribution in [0.3, 0.4) is 0 Å². The molecule has 3 rings (SSSR count). The monoisotopic (exact) mass is 428 g/mol. The second-order valence-corrected chi connectivity index (χ2v) is 7.91. The van der Waals surface area contributed by atoms with E-state index < -0.39 is 41.2 Å². The molecule has 0 radical (unpaired) electrons. The zero-order valence-electron chi connectivity index (χ0n) is 15.9. The molecule has 30 heavy (non-hydrogen) atoms. The Balaban J connectivity index is 1.87. The summed E-state index contributed by atoms with van der Waals surface area (Å²) in [5.41, 5.74) is 0.953. The Bertz CT molecular complexity index is 1020. The number of aryl methyl sites for hydroxylation is 1. The third-order valence-electron chi connectivity index (χ3n) is 4.56. The maximum absolute atomic E-state index is 13.0. The number of anilines is 1. The molecule has 2 aromatic rings. The number of carbonyl (C=O) groups excluding carboxylic acids is 1. The molecule has 0 aliphatic carbocycles. The van der Waals surface area contributed by atoms with E-state index in [1.165, 1.54) is 12.1 Å². The van der Waals surface area contributed by atoms with Crippen molar-refractivity contribution in [3.05, 3.63) is 71.3 Å². The smallest absolute Gasteiger partial charge is 0.326 e. The zero-order chi connectivity index (χ0) is 21.7. The minimum atomic E-state index is -1.76. The summed E-state index contributed by atoms with van der Waals surface area (Å²) in [7, 11) is -1.76. The van der Waals surface area contributed by atoms with E-state index in [1.807, 2.05) is 30.3 Å². The van der Waals surface area contributed by atoms with Gasteiger partial charge in [-0.3, -0.25) is 14.5 Å². The highest BCUT2D eigenvalue weighted by atomic mass is 32.2. The zero-order valence-corrected chi connectivity index (χ0v) is 16.7. The van der Waals surface area contributed by atoms with Gasteiger partial charge in [0.15, 0.2) is 0 Å². The molecule has 3 N–H and O–H groups in total. The number of amides is 1. The summed E-state index contributed by atoms with van der Waals surface area (Å²) in [5.74, 6) is -3.16. The Labute approximate surface area is 175 Å². The Hall–Kier alpha value is -3.46. The lowest BCUT2D eigenvalue weighted by atomic mass is 10.0. The Kier molecular flexibility index (Phi) is 6.63. The molecule has 0 saturated heterocycles. The number of carboxylic acid groups (broad SMARTS) is 2. The van der Waals surface area contributed by atoms with Crippen LogP contribution < -0.4 is 10.2 Å². The first-order chi connectivity index (χ1) is 14.4. The highest BCUT2D eigenvalue weighted by Crippen LogP contribution is 2.29. The summed E-state index contributed by atoms with van der Waals surface area (Å²) < 4.78 is 12.7. The quantitative estimate of drug-likeness (QED) is 0.585. The fraction of sp³-hybridized carbons (Fsp3) is 0.190. The van der Waals surface area contributed by atoms with E-state index in [-0.39, 0.29) is 22.7 Å². The fourth-order valence-corrected chi connectivity index (χ4v) is 4.22. The van der Waals surface area contributed by atoms with Crippen LogP contribution in [0.2, 0.25) is 0 Å². The molecule has 9 heteroatoms. The van der Waals surface area contributed by atoms with Crippen LogP contribution >= 0.6 is 0 Å². The SMILES string of the molecule is O=C(O)CN1C(=O)C(NC(CCc2ccccc2)C(=O)O)=CS(=O)c2ccccc21. The van der Waals surface area contributed by atoms with Crippen molar-refractivity contribution in [3.8, 4) is 0 Å². The molecule has 2 unspecified atom stereocenters. The third-order valence-corrected chi connectivity index (χ3v) is 5.79. The molecule has 0 aromatic heterocycles. The highest BCUT2D eigenvalue weighted by Gasteiger charge is 2.31. The topological polar surface area (TPSA) is 124 Å². The molecule has 0 spiro atoms. The van der Waals surface area contributed by atoms with Crippen LogP contribution in [0.15, 0.2) is 70.6 Å². The first-order valence-electron chi connectivity index (χ1n) is 9.15. The van der Waals surface area contributed by atoms with Crippen molar-refractivity contribution in [2.75, 3.05) is 11.4 Å². The van der Waals surface area contributed by atoms with Gasteiger partial charge in [0, 0.05) is 5.41 Å². The average Bonchev–Trinajstić information content (AvgIpc) is 2.82. The van der Waals surface area contributed by atoms with E-state index >= 15 is 0 Å². The van der Waals surface area contributed by atoms with Gasteiger partial charge in [0.05, 0.1) is 21.4 Å². The standard InChI is InChI=1S/C21H20N2O6S/c24-19(25)12-23-17-8-4-5-9-18(17)30(29)13-16(20(23)26)22-15(21(27)28)11-10-14-6-2-1-3-7-14/h1-9,13,15,22H,10-12H2,(H,24,25)(H,27,28). The summed E-state index contributed by atoms with van der Waals surface area (Å²) in [5, 5.41) is 22.6. The Morgan fingerprint density at radius 3 is 2.37 bits per heavy atom. The molecular formula is C21H20N2O6S. The van der Waals surface area contributed by atoms with Gasteiger partial charge in [0.25, 0.3) is 5.91 Å². The Morgan fingerprint density at radius 1 is 1.03 bits per heavy atom. The molecule has 156 valence electrons. The van der Waals surface area contributed by atoms with Crippen LogP contribution in [0.1, 0.15) is 12.0 Å². The molecule has 0 fully saturated rings. The summed E-state index contributed by atoms with van der Waals surface area (Å²) >= 11 is 0. The maximum Gasteiger partial charge on any atom is 0.326 e. The summed E-state index contributed by atoms with van der Waals surface area (Å²) in [6, 6.07) is 14.5. The van der Waals surface area contributed by atoms with Crippen molar-refractivity contribution in [2.24, 2.45) is 0 Å². The van der Waals surface area contributed by atoms with Crippen molar-refractivity contribution < 1.29 is 28.8 Å². The van der Waals surface area contributed by atoms with Gasteiger partial charge >= 0.3 is 11.9 Å².